The van der Waals surface area contributed by atoms with E-state index in [9.17, 15) is 4.79 Å². The molecule has 7 nitrogen and oxygen atoms in total. The zero-order chi connectivity index (χ0) is 16.9. The van der Waals surface area contributed by atoms with Crippen LogP contribution in [0.4, 0.5) is 10.9 Å². The Morgan fingerprint density at radius 2 is 2.29 bits per heavy atom. The average molecular weight is 346 g/mol. The van der Waals surface area contributed by atoms with Crippen molar-refractivity contribution in [3.8, 4) is 0 Å². The standard InChI is InChI=1S/C16H22N6OS/c1-20(12-15(23)21(2)16-17-8-10-24-16)11-13-5-4-9-22(13)14-6-3-7-18-19-14/h3,6-8,10,13H,4-5,9,11-12H2,1-2H3/t13-/m1/s1. The highest BCUT2D eigenvalue weighted by Crippen LogP contribution is 2.23. The lowest BCUT2D eigenvalue weighted by atomic mass is 10.2. The zero-order valence-corrected chi connectivity index (χ0v) is 14.8. The molecule has 1 atom stereocenters. The van der Waals surface area contributed by atoms with Crippen LogP contribution < -0.4 is 9.80 Å². The molecule has 1 saturated heterocycles. The minimum Gasteiger partial charge on any atom is -0.351 e. The number of carbonyl (C=O) groups is 1. The molecule has 0 saturated carbocycles. The van der Waals surface area contributed by atoms with Crippen LogP contribution in [0.3, 0.4) is 0 Å². The fourth-order valence-electron chi connectivity index (χ4n) is 3.02. The summed E-state index contributed by atoms with van der Waals surface area (Å²) in [6.07, 6.45) is 5.65. The summed E-state index contributed by atoms with van der Waals surface area (Å²) in [4.78, 5) is 22.6. The number of hydrogen-bond donors (Lipinski definition) is 0. The van der Waals surface area contributed by atoms with E-state index in [4.69, 9.17) is 0 Å². The molecule has 1 amide bonds. The first-order chi connectivity index (χ1) is 11.6. The van der Waals surface area contributed by atoms with Gasteiger partial charge in [-0.05, 0) is 32.0 Å². The third kappa shape index (κ3) is 3.88. The Kier molecular flexibility index (Phi) is 5.37. The number of carbonyl (C=O) groups excluding carboxylic acids is 1. The van der Waals surface area contributed by atoms with E-state index >= 15 is 0 Å². The van der Waals surface area contributed by atoms with Crippen LogP contribution in [-0.2, 0) is 4.79 Å². The molecular formula is C16H22N6OS. The summed E-state index contributed by atoms with van der Waals surface area (Å²) in [6.45, 7) is 2.19. The van der Waals surface area contributed by atoms with Gasteiger partial charge in [0.2, 0.25) is 5.91 Å². The third-order valence-corrected chi connectivity index (χ3v) is 5.09. The minimum atomic E-state index is 0.0523. The molecule has 24 heavy (non-hydrogen) atoms. The van der Waals surface area contributed by atoms with Crippen molar-refractivity contribution in [1.29, 1.82) is 0 Å². The van der Waals surface area contributed by atoms with Crippen molar-refractivity contribution in [2.75, 3.05) is 43.5 Å². The van der Waals surface area contributed by atoms with Crippen LogP contribution in [0.1, 0.15) is 12.8 Å². The van der Waals surface area contributed by atoms with Crippen molar-refractivity contribution in [2.24, 2.45) is 0 Å². The third-order valence-electron chi connectivity index (χ3n) is 4.24. The Hall–Kier alpha value is -2.06. The molecule has 2 aromatic rings. The second kappa shape index (κ2) is 7.67. The van der Waals surface area contributed by atoms with E-state index < -0.39 is 0 Å². The summed E-state index contributed by atoms with van der Waals surface area (Å²) in [6, 6.07) is 4.27. The molecular weight excluding hydrogens is 324 g/mol. The Labute approximate surface area is 145 Å². The number of hydrogen-bond acceptors (Lipinski definition) is 7. The van der Waals surface area contributed by atoms with E-state index in [1.165, 1.54) is 11.3 Å². The molecule has 1 aliphatic rings. The Morgan fingerprint density at radius 3 is 3.00 bits per heavy atom. The van der Waals surface area contributed by atoms with E-state index in [1.54, 1.807) is 24.3 Å². The van der Waals surface area contributed by atoms with E-state index in [-0.39, 0.29) is 5.91 Å². The zero-order valence-electron chi connectivity index (χ0n) is 14.0. The van der Waals surface area contributed by atoms with Gasteiger partial charge < -0.3 is 4.90 Å². The van der Waals surface area contributed by atoms with Crippen LogP contribution in [0.2, 0.25) is 0 Å². The summed E-state index contributed by atoms with van der Waals surface area (Å²) in [5.41, 5.74) is 0. The molecule has 3 heterocycles. The van der Waals surface area contributed by atoms with Gasteiger partial charge in [0.05, 0.1) is 6.54 Å². The number of aromatic nitrogens is 3. The highest BCUT2D eigenvalue weighted by Gasteiger charge is 2.27. The fraction of sp³-hybridized carbons (Fsp3) is 0.500. The summed E-state index contributed by atoms with van der Waals surface area (Å²) in [7, 11) is 3.76. The largest absolute Gasteiger partial charge is 0.351 e. The monoisotopic (exact) mass is 346 g/mol. The van der Waals surface area contributed by atoms with Gasteiger partial charge >= 0.3 is 0 Å². The van der Waals surface area contributed by atoms with Gasteiger partial charge in [0.15, 0.2) is 10.9 Å². The fourth-order valence-corrected chi connectivity index (χ4v) is 3.65. The summed E-state index contributed by atoms with van der Waals surface area (Å²) < 4.78 is 0. The van der Waals surface area contributed by atoms with Gasteiger partial charge in [-0.1, -0.05) is 0 Å². The Bertz CT molecular complexity index is 650. The highest BCUT2D eigenvalue weighted by molar-refractivity contribution is 7.13. The lowest BCUT2D eigenvalue weighted by molar-refractivity contribution is -0.119. The van der Waals surface area contributed by atoms with Crippen molar-refractivity contribution >= 4 is 28.2 Å². The maximum atomic E-state index is 12.4. The van der Waals surface area contributed by atoms with Crippen LogP contribution in [0.15, 0.2) is 29.9 Å². The van der Waals surface area contributed by atoms with Crippen LogP contribution in [-0.4, -0.2) is 65.8 Å². The molecule has 0 aliphatic carbocycles. The molecule has 1 aliphatic heterocycles. The first kappa shape index (κ1) is 16.8. The molecule has 0 aromatic carbocycles. The van der Waals surface area contributed by atoms with Crippen LogP contribution in [0, 0.1) is 0 Å². The lowest BCUT2D eigenvalue weighted by Gasteiger charge is -2.29. The maximum Gasteiger partial charge on any atom is 0.242 e. The predicted molar refractivity (Wildman–Crippen MR) is 95.4 cm³/mol. The van der Waals surface area contributed by atoms with Crippen molar-refractivity contribution in [1.82, 2.24) is 20.1 Å². The Balaban J connectivity index is 1.56. The summed E-state index contributed by atoms with van der Waals surface area (Å²) in [5, 5.41) is 10.8. The summed E-state index contributed by atoms with van der Waals surface area (Å²) in [5.74, 6) is 0.969. The van der Waals surface area contributed by atoms with Gasteiger partial charge in [-0.3, -0.25) is 14.6 Å². The summed E-state index contributed by atoms with van der Waals surface area (Å²) >= 11 is 1.47. The van der Waals surface area contributed by atoms with Gasteiger partial charge in [0, 0.05) is 44.0 Å². The number of likely N-dealkylation sites (N-methyl/N-ethyl adjacent to an activating group) is 2. The van der Waals surface area contributed by atoms with Gasteiger partial charge in [0.1, 0.15) is 0 Å². The maximum absolute atomic E-state index is 12.4. The van der Waals surface area contributed by atoms with Gasteiger partial charge in [0.25, 0.3) is 0 Å². The van der Waals surface area contributed by atoms with Crippen LogP contribution in [0.25, 0.3) is 0 Å². The van der Waals surface area contributed by atoms with Crippen molar-refractivity contribution in [2.45, 2.75) is 18.9 Å². The molecule has 128 valence electrons. The van der Waals surface area contributed by atoms with Crippen molar-refractivity contribution in [3.05, 3.63) is 29.9 Å². The average Bonchev–Trinajstić information content (AvgIpc) is 3.26. The van der Waals surface area contributed by atoms with Crippen LogP contribution in [0.5, 0.6) is 0 Å². The van der Waals surface area contributed by atoms with Gasteiger partial charge in [-0.25, -0.2) is 4.98 Å². The van der Waals surface area contributed by atoms with Crippen molar-refractivity contribution < 1.29 is 4.79 Å². The number of anilines is 2. The predicted octanol–water partition coefficient (Wildman–Crippen LogP) is 1.50. The van der Waals surface area contributed by atoms with Crippen LogP contribution >= 0.6 is 11.3 Å². The molecule has 0 bridgehead atoms. The first-order valence-electron chi connectivity index (χ1n) is 8.04. The van der Waals surface area contributed by atoms with Gasteiger partial charge in [-0.15, -0.1) is 16.4 Å². The molecule has 0 spiro atoms. The molecule has 0 N–H and O–H groups in total. The van der Waals surface area contributed by atoms with E-state index in [0.717, 1.165) is 36.9 Å². The molecule has 2 aromatic heterocycles. The highest BCUT2D eigenvalue weighted by atomic mass is 32.1. The van der Waals surface area contributed by atoms with E-state index in [2.05, 4.69) is 25.0 Å². The second-order valence-corrected chi connectivity index (χ2v) is 6.91. The molecule has 8 heteroatoms. The quantitative estimate of drug-likeness (QED) is 0.790. The second-order valence-electron chi connectivity index (χ2n) is 6.04. The lowest BCUT2D eigenvalue weighted by Crippen LogP contribution is -2.43. The first-order valence-corrected chi connectivity index (χ1v) is 8.92. The number of nitrogens with zero attached hydrogens (tertiary/aromatic N) is 6. The SMILES string of the molecule is CN(CC(=O)N(C)c1nccs1)C[C@H]1CCCN1c1cccnn1. The topological polar surface area (TPSA) is 65.5 Å². The number of amides is 1. The molecule has 0 radical (unpaired) electrons. The Morgan fingerprint density at radius 1 is 1.42 bits per heavy atom. The van der Waals surface area contributed by atoms with E-state index in [1.807, 2.05) is 24.6 Å². The number of rotatable bonds is 6. The van der Waals surface area contributed by atoms with E-state index in [0.29, 0.717) is 12.6 Å². The molecule has 0 unspecified atom stereocenters. The normalized spacial score (nSPS) is 17.5. The smallest absolute Gasteiger partial charge is 0.242 e. The van der Waals surface area contributed by atoms with Gasteiger partial charge in [-0.2, -0.15) is 5.10 Å². The molecule has 3 rings (SSSR count). The minimum absolute atomic E-state index is 0.0523. The molecule has 1 fully saturated rings. The number of thiazole rings is 1. The van der Waals surface area contributed by atoms with Crippen molar-refractivity contribution in [3.63, 3.8) is 0 Å².